The number of rotatable bonds is 7. The minimum atomic E-state index is -0.441. The summed E-state index contributed by atoms with van der Waals surface area (Å²) in [6.45, 7) is 4.49. The van der Waals surface area contributed by atoms with Gasteiger partial charge in [-0.15, -0.1) is 0 Å². The van der Waals surface area contributed by atoms with E-state index in [9.17, 15) is 0 Å². The lowest BCUT2D eigenvalue weighted by atomic mass is 9.93. The van der Waals surface area contributed by atoms with Crippen LogP contribution >= 0.6 is 0 Å². The Balaban J connectivity index is 1.63. The summed E-state index contributed by atoms with van der Waals surface area (Å²) in [5.74, 6) is 0.756. The Hall–Kier alpha value is -3.37. The SMILES string of the molecule is C=C(C(=N)c1ccccc1)C(N)c1ccc(OCc2ccc(N)cc2)cc1. The number of anilines is 1. The lowest BCUT2D eigenvalue weighted by Gasteiger charge is -2.17. The average Bonchev–Trinajstić information content (AvgIpc) is 2.73. The van der Waals surface area contributed by atoms with Crippen molar-refractivity contribution < 1.29 is 4.74 Å². The molecule has 3 rings (SSSR count). The van der Waals surface area contributed by atoms with Crippen LogP contribution in [0.4, 0.5) is 5.69 Å². The molecule has 1 unspecified atom stereocenters. The molecule has 0 spiro atoms. The zero-order valence-corrected chi connectivity index (χ0v) is 15.1. The predicted octanol–water partition coefficient (Wildman–Crippen LogP) is 4.47. The number of nitrogen functional groups attached to an aromatic ring is 1. The highest BCUT2D eigenvalue weighted by atomic mass is 16.5. The fourth-order valence-corrected chi connectivity index (χ4v) is 2.70. The van der Waals surface area contributed by atoms with Crippen molar-refractivity contribution in [3.05, 3.63) is 108 Å². The largest absolute Gasteiger partial charge is 0.489 e. The molecule has 27 heavy (non-hydrogen) atoms. The molecule has 3 aromatic rings. The van der Waals surface area contributed by atoms with E-state index in [0.717, 1.165) is 28.1 Å². The minimum absolute atomic E-state index is 0.353. The average molecular weight is 357 g/mol. The topological polar surface area (TPSA) is 85.1 Å². The van der Waals surface area contributed by atoms with Gasteiger partial charge in [0.1, 0.15) is 12.4 Å². The standard InChI is InChI=1S/C23H23N3O/c1-16(22(25)18-5-3-2-4-6-18)23(26)19-9-13-21(14-10-19)27-15-17-7-11-20(24)12-8-17/h2-14,23,25H,1,15,24,26H2. The fraction of sp³-hybridized carbons (Fsp3) is 0.0870. The molecule has 4 nitrogen and oxygen atoms in total. The van der Waals surface area contributed by atoms with Gasteiger partial charge in [-0.2, -0.15) is 0 Å². The number of ether oxygens (including phenoxy) is 1. The molecule has 4 heteroatoms. The zero-order valence-electron chi connectivity index (χ0n) is 15.1. The molecule has 0 heterocycles. The third kappa shape index (κ3) is 4.63. The lowest BCUT2D eigenvalue weighted by molar-refractivity contribution is 0.306. The maximum absolute atomic E-state index is 8.32. The van der Waals surface area contributed by atoms with E-state index in [1.54, 1.807) is 0 Å². The maximum Gasteiger partial charge on any atom is 0.119 e. The number of nitrogens with two attached hydrogens (primary N) is 2. The van der Waals surface area contributed by atoms with E-state index in [2.05, 4.69) is 6.58 Å². The summed E-state index contributed by atoms with van der Waals surface area (Å²) >= 11 is 0. The summed E-state index contributed by atoms with van der Waals surface area (Å²) in [7, 11) is 0. The van der Waals surface area contributed by atoms with Crippen LogP contribution in [0.15, 0.2) is 91.0 Å². The molecule has 0 aliphatic rings. The second-order valence-corrected chi connectivity index (χ2v) is 6.34. The quantitative estimate of drug-likeness (QED) is 0.431. The molecule has 0 aromatic heterocycles. The number of benzene rings is 3. The van der Waals surface area contributed by atoms with Gasteiger partial charge in [0.25, 0.3) is 0 Å². The Morgan fingerprint density at radius 3 is 2.19 bits per heavy atom. The van der Waals surface area contributed by atoms with Gasteiger partial charge in [0.15, 0.2) is 0 Å². The second kappa shape index (κ2) is 8.34. The Kier molecular flexibility index (Phi) is 5.69. The molecule has 0 radical (unpaired) electrons. The zero-order chi connectivity index (χ0) is 19.2. The first-order valence-corrected chi connectivity index (χ1v) is 8.70. The minimum Gasteiger partial charge on any atom is -0.489 e. The number of nitrogens with one attached hydrogen (secondary N) is 1. The Morgan fingerprint density at radius 2 is 1.56 bits per heavy atom. The first kappa shape index (κ1) is 18.4. The Bertz CT molecular complexity index is 916. The Labute approximate surface area is 159 Å². The van der Waals surface area contributed by atoms with Crippen LogP contribution in [-0.4, -0.2) is 5.71 Å². The number of hydrogen-bond donors (Lipinski definition) is 3. The summed E-state index contributed by atoms with van der Waals surface area (Å²) in [6.07, 6.45) is 0. The molecule has 136 valence electrons. The van der Waals surface area contributed by atoms with Crippen molar-refractivity contribution in [2.24, 2.45) is 5.73 Å². The lowest BCUT2D eigenvalue weighted by Crippen LogP contribution is -2.18. The number of hydrogen-bond acceptors (Lipinski definition) is 4. The summed E-state index contributed by atoms with van der Waals surface area (Å²) in [5.41, 5.74) is 16.4. The van der Waals surface area contributed by atoms with Gasteiger partial charge in [-0.3, -0.25) is 5.41 Å². The smallest absolute Gasteiger partial charge is 0.119 e. The molecule has 0 amide bonds. The van der Waals surface area contributed by atoms with E-state index in [4.69, 9.17) is 21.6 Å². The van der Waals surface area contributed by atoms with Gasteiger partial charge in [-0.1, -0.05) is 61.2 Å². The fourth-order valence-electron chi connectivity index (χ4n) is 2.70. The highest BCUT2D eigenvalue weighted by molar-refractivity contribution is 6.10. The first-order valence-electron chi connectivity index (χ1n) is 8.70. The van der Waals surface area contributed by atoms with E-state index in [1.165, 1.54) is 0 Å². The monoisotopic (exact) mass is 357 g/mol. The van der Waals surface area contributed by atoms with E-state index in [0.29, 0.717) is 17.9 Å². The van der Waals surface area contributed by atoms with Gasteiger partial charge >= 0.3 is 0 Å². The van der Waals surface area contributed by atoms with Crippen LogP contribution < -0.4 is 16.2 Å². The van der Waals surface area contributed by atoms with E-state index in [1.807, 2.05) is 78.9 Å². The van der Waals surface area contributed by atoms with Crippen molar-refractivity contribution in [1.82, 2.24) is 0 Å². The molecule has 0 saturated heterocycles. The van der Waals surface area contributed by atoms with Gasteiger partial charge < -0.3 is 16.2 Å². The van der Waals surface area contributed by atoms with Crippen LogP contribution in [0.1, 0.15) is 22.7 Å². The van der Waals surface area contributed by atoms with E-state index in [-0.39, 0.29) is 0 Å². The van der Waals surface area contributed by atoms with Crippen molar-refractivity contribution in [2.75, 3.05) is 5.73 Å². The van der Waals surface area contributed by atoms with Gasteiger partial charge in [0.2, 0.25) is 0 Å². The molecule has 0 aliphatic heterocycles. The van der Waals surface area contributed by atoms with Gasteiger partial charge in [0.05, 0.1) is 11.8 Å². The summed E-state index contributed by atoms with van der Waals surface area (Å²) in [4.78, 5) is 0. The van der Waals surface area contributed by atoms with Crippen molar-refractivity contribution in [1.29, 1.82) is 5.41 Å². The maximum atomic E-state index is 8.32. The third-order valence-electron chi connectivity index (χ3n) is 4.38. The molecule has 1 atom stereocenters. The van der Waals surface area contributed by atoms with Gasteiger partial charge in [-0.05, 0) is 46.5 Å². The van der Waals surface area contributed by atoms with Gasteiger partial charge in [0, 0.05) is 5.69 Å². The van der Waals surface area contributed by atoms with Crippen LogP contribution in [0.2, 0.25) is 0 Å². The van der Waals surface area contributed by atoms with E-state index >= 15 is 0 Å². The molecule has 0 fully saturated rings. The van der Waals surface area contributed by atoms with E-state index < -0.39 is 6.04 Å². The molecule has 3 aromatic carbocycles. The molecular formula is C23H23N3O. The highest BCUT2D eigenvalue weighted by Gasteiger charge is 2.15. The molecule has 0 aliphatic carbocycles. The second-order valence-electron chi connectivity index (χ2n) is 6.34. The summed E-state index contributed by atoms with van der Waals surface area (Å²) < 4.78 is 5.80. The Morgan fingerprint density at radius 1 is 0.926 bits per heavy atom. The van der Waals surface area contributed by atoms with Gasteiger partial charge in [-0.25, -0.2) is 0 Å². The van der Waals surface area contributed by atoms with Crippen LogP contribution in [0.5, 0.6) is 5.75 Å². The molecule has 0 bridgehead atoms. The molecule has 0 saturated carbocycles. The molecular weight excluding hydrogens is 334 g/mol. The first-order chi connectivity index (χ1) is 13.0. The third-order valence-corrected chi connectivity index (χ3v) is 4.38. The normalized spacial score (nSPS) is 11.6. The van der Waals surface area contributed by atoms with Crippen LogP contribution in [0, 0.1) is 5.41 Å². The summed E-state index contributed by atoms with van der Waals surface area (Å²) in [5, 5.41) is 8.32. The van der Waals surface area contributed by atoms with Crippen molar-refractivity contribution in [3.63, 3.8) is 0 Å². The molecule has 5 N–H and O–H groups in total. The van der Waals surface area contributed by atoms with Crippen molar-refractivity contribution in [2.45, 2.75) is 12.6 Å². The van der Waals surface area contributed by atoms with Crippen LogP contribution in [0.3, 0.4) is 0 Å². The highest BCUT2D eigenvalue weighted by Crippen LogP contribution is 2.24. The summed E-state index contributed by atoms with van der Waals surface area (Å²) in [6, 6.07) is 24.2. The van der Waals surface area contributed by atoms with Crippen molar-refractivity contribution >= 4 is 11.4 Å². The van der Waals surface area contributed by atoms with Crippen LogP contribution in [-0.2, 0) is 6.61 Å². The van der Waals surface area contributed by atoms with Crippen LogP contribution in [0.25, 0.3) is 0 Å². The predicted molar refractivity (Wildman–Crippen MR) is 111 cm³/mol. The van der Waals surface area contributed by atoms with Crippen molar-refractivity contribution in [3.8, 4) is 5.75 Å².